The maximum absolute atomic E-state index is 10.7. The van der Waals surface area contributed by atoms with Gasteiger partial charge in [0.1, 0.15) is 0 Å². The van der Waals surface area contributed by atoms with Gasteiger partial charge in [0.05, 0.1) is 0 Å². The van der Waals surface area contributed by atoms with Gasteiger partial charge in [0.2, 0.25) is 0 Å². The molecule has 0 aromatic heterocycles. The predicted molar refractivity (Wildman–Crippen MR) is 133 cm³/mol. The van der Waals surface area contributed by atoms with Crippen LogP contribution in [-0.4, -0.2) is 11.1 Å². The van der Waals surface area contributed by atoms with Crippen molar-refractivity contribution in [3.63, 3.8) is 0 Å². The van der Waals surface area contributed by atoms with Gasteiger partial charge in [-0.1, -0.05) is 58.2 Å². The molecule has 0 saturated heterocycles. The Balaban J connectivity index is 4.21. The van der Waals surface area contributed by atoms with Crippen LogP contribution < -0.4 is 0 Å². The summed E-state index contributed by atoms with van der Waals surface area (Å²) in [6, 6.07) is 0. The molecule has 0 aliphatic carbocycles. The first-order valence-corrected chi connectivity index (χ1v) is 11.3. The molecule has 1 N–H and O–H groups in total. The molecule has 2 heteroatoms. The Hall–Kier alpha value is -2.09. The molecule has 0 heterocycles. The largest absolute Gasteiger partial charge is 0.478 e. The highest BCUT2D eigenvalue weighted by Gasteiger charge is 1.96. The van der Waals surface area contributed by atoms with Crippen LogP contribution in [0.4, 0.5) is 0 Å². The molecule has 0 rings (SSSR count). The van der Waals surface area contributed by atoms with E-state index in [4.69, 9.17) is 5.11 Å². The Morgan fingerprint density at radius 3 is 1.30 bits per heavy atom. The lowest BCUT2D eigenvalue weighted by molar-refractivity contribution is -0.131. The third-order valence-electron chi connectivity index (χ3n) is 5.01. The van der Waals surface area contributed by atoms with Crippen molar-refractivity contribution in [3.8, 4) is 0 Å². The van der Waals surface area contributed by atoms with Crippen LogP contribution in [0.15, 0.2) is 69.9 Å². The van der Waals surface area contributed by atoms with E-state index >= 15 is 0 Å². The minimum Gasteiger partial charge on any atom is -0.478 e. The summed E-state index contributed by atoms with van der Waals surface area (Å²) in [5, 5.41) is 8.76. The molecule has 0 atom stereocenters. The van der Waals surface area contributed by atoms with Crippen molar-refractivity contribution in [3.05, 3.63) is 69.9 Å². The first-order valence-electron chi connectivity index (χ1n) is 11.3. The zero-order valence-electron chi connectivity index (χ0n) is 20.5. The lowest BCUT2D eigenvalue weighted by Gasteiger charge is -2.03. The number of carboxylic acid groups (broad SMARTS) is 1. The van der Waals surface area contributed by atoms with Crippen molar-refractivity contribution in [2.45, 2.75) is 99.8 Å². The quantitative estimate of drug-likeness (QED) is 0.176. The fraction of sp³-hybridized carbons (Fsp3) is 0.536. The maximum atomic E-state index is 10.7. The second kappa shape index (κ2) is 16.7. The minimum atomic E-state index is -0.888. The maximum Gasteiger partial charge on any atom is 0.328 e. The van der Waals surface area contributed by atoms with E-state index in [1.807, 2.05) is 13.0 Å². The minimum absolute atomic E-state index is 0.791. The second-order valence-electron chi connectivity index (χ2n) is 8.80. The van der Waals surface area contributed by atoms with Gasteiger partial charge >= 0.3 is 5.97 Å². The number of hydrogen-bond donors (Lipinski definition) is 1. The van der Waals surface area contributed by atoms with E-state index < -0.39 is 5.97 Å². The lowest BCUT2D eigenvalue weighted by atomic mass is 10.0. The van der Waals surface area contributed by atoms with Gasteiger partial charge in [-0.3, -0.25) is 0 Å². The number of hydrogen-bond acceptors (Lipinski definition) is 1. The fourth-order valence-electron chi connectivity index (χ4n) is 3.23. The molecule has 0 aliphatic heterocycles. The van der Waals surface area contributed by atoms with Crippen LogP contribution in [0.25, 0.3) is 0 Å². The second-order valence-corrected chi connectivity index (χ2v) is 8.80. The Morgan fingerprint density at radius 1 is 0.567 bits per heavy atom. The molecule has 30 heavy (non-hydrogen) atoms. The average Bonchev–Trinajstić information content (AvgIpc) is 2.60. The zero-order chi connectivity index (χ0) is 22.9. The molecule has 0 amide bonds. The Labute approximate surface area is 185 Å². The fourth-order valence-corrected chi connectivity index (χ4v) is 3.23. The van der Waals surface area contributed by atoms with E-state index in [0.717, 1.165) is 50.5 Å². The van der Waals surface area contributed by atoms with E-state index in [1.165, 1.54) is 40.4 Å². The number of rotatable bonds is 14. The first-order chi connectivity index (χ1) is 14.1. The van der Waals surface area contributed by atoms with Crippen molar-refractivity contribution in [2.75, 3.05) is 0 Å². The Bertz CT molecular complexity index is 705. The van der Waals surface area contributed by atoms with E-state index in [2.05, 4.69) is 65.8 Å². The molecular weight excluding hydrogens is 368 g/mol. The highest BCUT2D eigenvalue weighted by atomic mass is 16.4. The van der Waals surface area contributed by atoms with Gasteiger partial charge in [-0.15, -0.1) is 0 Å². The summed E-state index contributed by atoms with van der Waals surface area (Å²) in [7, 11) is 0. The van der Waals surface area contributed by atoms with Crippen LogP contribution in [0.2, 0.25) is 0 Å². The Kier molecular flexibility index (Phi) is 15.5. The highest BCUT2D eigenvalue weighted by Crippen LogP contribution is 2.15. The van der Waals surface area contributed by atoms with E-state index in [9.17, 15) is 4.79 Å². The molecule has 0 bridgehead atoms. The molecule has 0 aromatic carbocycles. The van der Waals surface area contributed by atoms with Gasteiger partial charge in [-0.2, -0.15) is 0 Å². The Morgan fingerprint density at radius 2 is 0.933 bits per heavy atom. The van der Waals surface area contributed by atoms with Crippen LogP contribution in [0.1, 0.15) is 99.8 Å². The molecule has 0 aromatic rings. The standard InChI is InChI=1S/C28H44O2/c1-22(2)12-8-13-23(3)14-9-15-24(4)16-10-17-25(5)18-11-19-26(6)20-27(7)21-28(29)30/h12,14,16,18,20-21H,8-11,13,15,17,19H2,1-7H3,(H,29,30)/b23-14+,24-16+,25-18+,26-20+,27-21+. The smallest absolute Gasteiger partial charge is 0.328 e. The monoisotopic (exact) mass is 412 g/mol. The molecule has 0 radical (unpaired) electrons. The number of carboxylic acids is 1. The first kappa shape index (κ1) is 27.9. The molecule has 0 spiro atoms. The van der Waals surface area contributed by atoms with Crippen molar-refractivity contribution in [1.82, 2.24) is 0 Å². The average molecular weight is 413 g/mol. The zero-order valence-corrected chi connectivity index (χ0v) is 20.5. The SMILES string of the molecule is CC(C)=CCC/C(C)=C/CC/C(C)=C/CC/C(C)=C/CC/C(C)=C/C(C)=C/C(=O)O. The highest BCUT2D eigenvalue weighted by molar-refractivity contribution is 5.81. The molecule has 0 aliphatic rings. The van der Waals surface area contributed by atoms with Crippen molar-refractivity contribution < 1.29 is 9.90 Å². The number of allylic oxidation sites excluding steroid dienone is 11. The van der Waals surface area contributed by atoms with Crippen LogP contribution in [0.3, 0.4) is 0 Å². The summed E-state index contributed by atoms with van der Waals surface area (Å²) in [4.78, 5) is 10.7. The van der Waals surface area contributed by atoms with Crippen molar-refractivity contribution in [2.24, 2.45) is 0 Å². The van der Waals surface area contributed by atoms with Gasteiger partial charge < -0.3 is 5.11 Å². The predicted octanol–water partition coefficient (Wildman–Crippen LogP) is 8.89. The summed E-state index contributed by atoms with van der Waals surface area (Å²) in [6.45, 7) is 14.9. The van der Waals surface area contributed by atoms with Crippen LogP contribution in [0, 0.1) is 0 Å². The summed E-state index contributed by atoms with van der Waals surface area (Å²) in [6.07, 6.45) is 21.4. The van der Waals surface area contributed by atoms with Crippen molar-refractivity contribution in [1.29, 1.82) is 0 Å². The van der Waals surface area contributed by atoms with Crippen LogP contribution in [-0.2, 0) is 4.79 Å². The molecule has 0 saturated carbocycles. The summed E-state index contributed by atoms with van der Waals surface area (Å²) in [5.41, 5.74) is 7.82. The molecule has 0 unspecified atom stereocenters. The third kappa shape index (κ3) is 18.0. The number of carbonyl (C=O) groups is 1. The van der Waals surface area contributed by atoms with Gasteiger partial charge in [-0.25, -0.2) is 4.79 Å². The van der Waals surface area contributed by atoms with Crippen LogP contribution in [0.5, 0.6) is 0 Å². The van der Waals surface area contributed by atoms with E-state index in [-0.39, 0.29) is 0 Å². The van der Waals surface area contributed by atoms with Gasteiger partial charge in [0.25, 0.3) is 0 Å². The van der Waals surface area contributed by atoms with Crippen molar-refractivity contribution >= 4 is 5.97 Å². The number of aliphatic carboxylic acids is 1. The normalized spacial score (nSPS) is 14.2. The molecular formula is C28H44O2. The van der Waals surface area contributed by atoms with Gasteiger partial charge in [0.15, 0.2) is 0 Å². The molecule has 168 valence electrons. The topological polar surface area (TPSA) is 37.3 Å². The lowest BCUT2D eigenvalue weighted by Crippen LogP contribution is -1.89. The summed E-state index contributed by atoms with van der Waals surface area (Å²) >= 11 is 0. The van der Waals surface area contributed by atoms with Gasteiger partial charge in [-0.05, 0) is 105 Å². The van der Waals surface area contributed by atoms with E-state index in [0.29, 0.717) is 0 Å². The van der Waals surface area contributed by atoms with E-state index in [1.54, 1.807) is 0 Å². The summed E-state index contributed by atoms with van der Waals surface area (Å²) < 4.78 is 0. The van der Waals surface area contributed by atoms with Crippen LogP contribution >= 0.6 is 0 Å². The molecule has 0 fully saturated rings. The third-order valence-corrected chi connectivity index (χ3v) is 5.01. The molecule has 2 nitrogen and oxygen atoms in total. The van der Waals surface area contributed by atoms with Gasteiger partial charge in [0, 0.05) is 6.08 Å². The summed E-state index contributed by atoms with van der Waals surface area (Å²) in [5.74, 6) is -0.888.